The van der Waals surface area contributed by atoms with E-state index in [1.807, 2.05) is 0 Å². The summed E-state index contributed by atoms with van der Waals surface area (Å²) in [5.41, 5.74) is 0. The number of aromatic nitrogens is 4. The fourth-order valence-corrected chi connectivity index (χ4v) is 3.73. The number of nitrogens with zero attached hydrogens (tertiary/aromatic N) is 3. The monoisotopic (exact) mass is 279 g/mol. The fourth-order valence-electron chi connectivity index (χ4n) is 3.73. The van der Waals surface area contributed by atoms with Gasteiger partial charge < -0.3 is 10.4 Å². The van der Waals surface area contributed by atoms with Crippen LogP contribution >= 0.6 is 0 Å². The van der Waals surface area contributed by atoms with Gasteiger partial charge in [-0.05, 0) is 50.0 Å². The molecule has 1 aromatic heterocycles. The van der Waals surface area contributed by atoms with Crippen LogP contribution in [0.1, 0.15) is 37.9 Å². The van der Waals surface area contributed by atoms with Gasteiger partial charge in [0.2, 0.25) is 0 Å². The summed E-state index contributed by atoms with van der Waals surface area (Å²) in [4.78, 5) is 11.1. The molecule has 0 aromatic carbocycles. The molecule has 0 radical (unpaired) electrons. The van der Waals surface area contributed by atoms with E-state index in [0.29, 0.717) is 17.8 Å². The second kappa shape index (κ2) is 5.87. The molecule has 0 spiro atoms. The van der Waals surface area contributed by atoms with E-state index in [4.69, 9.17) is 5.11 Å². The molecule has 1 aliphatic heterocycles. The Morgan fingerprint density at radius 3 is 2.95 bits per heavy atom. The summed E-state index contributed by atoms with van der Waals surface area (Å²) < 4.78 is 0. The van der Waals surface area contributed by atoms with Gasteiger partial charge in [-0.2, -0.15) is 5.21 Å². The van der Waals surface area contributed by atoms with Gasteiger partial charge in [0.05, 0.1) is 0 Å². The highest BCUT2D eigenvalue weighted by atomic mass is 16.4. The molecule has 1 saturated carbocycles. The van der Waals surface area contributed by atoms with Gasteiger partial charge in [0.15, 0.2) is 5.82 Å². The van der Waals surface area contributed by atoms with E-state index in [2.05, 4.69) is 25.9 Å². The molecule has 3 rings (SSSR count). The number of aromatic amines is 1. The van der Waals surface area contributed by atoms with Crippen LogP contribution in [0.3, 0.4) is 0 Å². The second-order valence-corrected chi connectivity index (χ2v) is 6.10. The van der Waals surface area contributed by atoms with Gasteiger partial charge in [-0.1, -0.05) is 11.6 Å². The van der Waals surface area contributed by atoms with E-state index in [0.717, 1.165) is 38.1 Å². The molecule has 2 fully saturated rings. The van der Waals surface area contributed by atoms with Crippen LogP contribution in [0.5, 0.6) is 0 Å². The molecule has 2 aliphatic rings. The lowest BCUT2D eigenvalue weighted by atomic mass is 9.69. The maximum Gasteiger partial charge on any atom is 0.320 e. The zero-order valence-corrected chi connectivity index (χ0v) is 11.5. The van der Waals surface area contributed by atoms with Crippen LogP contribution in [0.2, 0.25) is 0 Å². The van der Waals surface area contributed by atoms with Crippen molar-refractivity contribution in [2.24, 2.45) is 17.8 Å². The largest absolute Gasteiger partial charge is 0.480 e. The summed E-state index contributed by atoms with van der Waals surface area (Å²) >= 11 is 0. The van der Waals surface area contributed by atoms with E-state index >= 15 is 0 Å². The van der Waals surface area contributed by atoms with Crippen molar-refractivity contribution in [1.82, 2.24) is 25.9 Å². The Morgan fingerprint density at radius 1 is 1.30 bits per heavy atom. The van der Waals surface area contributed by atoms with Gasteiger partial charge in [-0.15, -0.1) is 10.2 Å². The highest BCUT2D eigenvalue weighted by Gasteiger charge is 2.37. The quantitative estimate of drug-likeness (QED) is 0.746. The Hall–Kier alpha value is -1.50. The number of nitrogens with one attached hydrogen (secondary N) is 2. The molecule has 7 nitrogen and oxygen atoms in total. The van der Waals surface area contributed by atoms with E-state index < -0.39 is 5.97 Å². The number of rotatable bonds is 4. The van der Waals surface area contributed by atoms with Gasteiger partial charge in [0.1, 0.15) is 6.04 Å². The van der Waals surface area contributed by atoms with Crippen molar-refractivity contribution in [1.29, 1.82) is 0 Å². The highest BCUT2D eigenvalue weighted by molar-refractivity contribution is 5.73. The molecule has 0 bridgehead atoms. The maximum absolute atomic E-state index is 11.1. The maximum atomic E-state index is 11.1. The Morgan fingerprint density at radius 2 is 2.20 bits per heavy atom. The van der Waals surface area contributed by atoms with E-state index in [9.17, 15) is 4.79 Å². The van der Waals surface area contributed by atoms with Crippen LogP contribution in [-0.4, -0.2) is 44.3 Å². The number of aryl methyl sites for hydroxylation is 1. The van der Waals surface area contributed by atoms with Gasteiger partial charge in [0.25, 0.3) is 0 Å². The van der Waals surface area contributed by atoms with Crippen molar-refractivity contribution < 1.29 is 9.90 Å². The van der Waals surface area contributed by atoms with E-state index in [1.54, 1.807) is 0 Å². The topological polar surface area (TPSA) is 104 Å². The number of tetrazole rings is 1. The Balaban J connectivity index is 1.52. The van der Waals surface area contributed by atoms with E-state index in [-0.39, 0.29) is 6.04 Å². The predicted octanol–water partition coefficient (Wildman–Crippen LogP) is 0.611. The SMILES string of the molecule is O=C(O)[C@H]1C[C@H]2C[C@@H](CCc3nn[nH]n3)CC[C@H]2CN1. The first kappa shape index (κ1) is 13.5. The smallest absolute Gasteiger partial charge is 0.320 e. The van der Waals surface area contributed by atoms with E-state index in [1.165, 1.54) is 12.8 Å². The first-order valence-corrected chi connectivity index (χ1v) is 7.41. The highest BCUT2D eigenvalue weighted by Crippen LogP contribution is 2.40. The third kappa shape index (κ3) is 2.98. The van der Waals surface area contributed by atoms with Crippen molar-refractivity contribution in [3.8, 4) is 0 Å². The molecule has 2 heterocycles. The molecule has 110 valence electrons. The molecule has 1 aliphatic carbocycles. The number of piperidine rings is 1. The van der Waals surface area contributed by atoms with Crippen LogP contribution in [0.25, 0.3) is 0 Å². The summed E-state index contributed by atoms with van der Waals surface area (Å²) in [7, 11) is 0. The van der Waals surface area contributed by atoms with Crippen molar-refractivity contribution >= 4 is 5.97 Å². The molecular weight excluding hydrogens is 258 g/mol. The molecule has 0 unspecified atom stereocenters. The molecular formula is C13H21N5O2. The molecule has 3 N–H and O–H groups in total. The minimum atomic E-state index is -0.711. The number of carboxylic acid groups (broad SMARTS) is 1. The third-order valence-electron chi connectivity index (χ3n) is 4.88. The van der Waals surface area contributed by atoms with Crippen molar-refractivity contribution in [2.45, 2.75) is 44.6 Å². The zero-order chi connectivity index (χ0) is 13.9. The fraction of sp³-hybridized carbons (Fsp3) is 0.846. The lowest BCUT2D eigenvalue weighted by Crippen LogP contribution is -2.49. The Labute approximate surface area is 117 Å². The van der Waals surface area contributed by atoms with Crippen LogP contribution in [0, 0.1) is 17.8 Å². The Kier molecular flexibility index (Phi) is 3.95. The summed E-state index contributed by atoms with van der Waals surface area (Å²) in [6, 6.07) is -0.354. The normalized spacial score (nSPS) is 33.6. The third-order valence-corrected chi connectivity index (χ3v) is 4.88. The number of carboxylic acids is 1. The average molecular weight is 279 g/mol. The summed E-state index contributed by atoms with van der Waals surface area (Å²) in [6.45, 7) is 0.860. The zero-order valence-electron chi connectivity index (χ0n) is 11.5. The number of fused-ring (bicyclic) bond motifs is 1. The minimum Gasteiger partial charge on any atom is -0.480 e. The number of H-pyrrole nitrogens is 1. The molecule has 1 aromatic rings. The van der Waals surface area contributed by atoms with Crippen LogP contribution in [0.4, 0.5) is 0 Å². The second-order valence-electron chi connectivity index (χ2n) is 6.10. The number of hydrogen-bond acceptors (Lipinski definition) is 5. The molecule has 0 amide bonds. The minimum absolute atomic E-state index is 0.354. The lowest BCUT2D eigenvalue weighted by Gasteiger charge is -2.41. The van der Waals surface area contributed by atoms with Crippen molar-refractivity contribution in [3.05, 3.63) is 5.82 Å². The lowest BCUT2D eigenvalue weighted by molar-refractivity contribution is -0.141. The average Bonchev–Trinajstić information content (AvgIpc) is 2.97. The van der Waals surface area contributed by atoms with Crippen LogP contribution < -0.4 is 5.32 Å². The first-order chi connectivity index (χ1) is 9.72. The standard InChI is InChI=1S/C13H21N5O2/c19-13(20)11-6-10-5-8(1-3-9(10)7-14-11)2-4-12-15-17-18-16-12/h8-11,14H,1-7H2,(H,19,20)(H,15,16,17,18)/t8-,9+,10-,11-/m1/s1. The first-order valence-electron chi connectivity index (χ1n) is 7.41. The summed E-state index contributed by atoms with van der Waals surface area (Å²) in [5.74, 6) is 1.95. The van der Waals surface area contributed by atoms with Gasteiger partial charge >= 0.3 is 5.97 Å². The van der Waals surface area contributed by atoms with Gasteiger partial charge in [-0.3, -0.25) is 4.79 Å². The number of aliphatic carboxylic acids is 1. The Bertz CT molecular complexity index is 450. The van der Waals surface area contributed by atoms with Crippen LogP contribution in [-0.2, 0) is 11.2 Å². The van der Waals surface area contributed by atoms with Crippen LogP contribution in [0.15, 0.2) is 0 Å². The number of carbonyl (C=O) groups is 1. The summed E-state index contributed by atoms with van der Waals surface area (Å²) in [6.07, 6.45) is 6.30. The van der Waals surface area contributed by atoms with Gasteiger partial charge in [-0.25, -0.2) is 0 Å². The molecule has 20 heavy (non-hydrogen) atoms. The molecule has 7 heteroatoms. The van der Waals surface area contributed by atoms with Gasteiger partial charge in [0, 0.05) is 6.42 Å². The number of hydrogen-bond donors (Lipinski definition) is 3. The summed E-state index contributed by atoms with van der Waals surface area (Å²) in [5, 5.41) is 26.3. The molecule has 1 saturated heterocycles. The predicted molar refractivity (Wildman–Crippen MR) is 70.9 cm³/mol. The van der Waals surface area contributed by atoms with Crippen molar-refractivity contribution in [3.63, 3.8) is 0 Å². The molecule has 4 atom stereocenters. The van der Waals surface area contributed by atoms with Crippen molar-refractivity contribution in [2.75, 3.05) is 6.54 Å².